The average Bonchev–Trinajstić information content (AvgIpc) is 3.05. The summed E-state index contributed by atoms with van der Waals surface area (Å²) >= 11 is 12.0. The predicted molar refractivity (Wildman–Crippen MR) is 79.4 cm³/mol. The van der Waals surface area contributed by atoms with Crippen LogP contribution < -0.4 is 5.73 Å². The summed E-state index contributed by atoms with van der Waals surface area (Å²) in [4.78, 5) is 1.08. The molecule has 3 rings (SSSR count). The maximum Gasteiger partial charge on any atom is 0.263 e. The highest BCUT2D eigenvalue weighted by Crippen LogP contribution is 2.31. The first-order valence-corrected chi connectivity index (χ1v) is 6.52. The minimum Gasteiger partial charge on any atom is -0.455 e. The molecule has 3 aromatic rings. The molecule has 9 heteroatoms. The third-order valence-electron chi connectivity index (χ3n) is 2.59. The molecular formula is C12H8Cl2N6O. The molecule has 21 heavy (non-hydrogen) atoms. The van der Waals surface area contributed by atoms with Gasteiger partial charge in [0.15, 0.2) is 0 Å². The second-order valence-electron chi connectivity index (χ2n) is 4.00. The average molecular weight is 323 g/mol. The number of nitrogens with two attached hydrogens (primary N) is 1. The summed E-state index contributed by atoms with van der Waals surface area (Å²) < 4.78 is 5.63. The van der Waals surface area contributed by atoms with E-state index >= 15 is 0 Å². The first kappa shape index (κ1) is 13.6. The Hall–Kier alpha value is -2.38. The van der Waals surface area contributed by atoms with E-state index in [-0.39, 0.29) is 5.95 Å². The third kappa shape index (κ3) is 2.88. The van der Waals surface area contributed by atoms with E-state index in [0.717, 1.165) is 10.4 Å². The van der Waals surface area contributed by atoms with Gasteiger partial charge in [0.2, 0.25) is 0 Å². The highest BCUT2D eigenvalue weighted by molar-refractivity contribution is 6.36. The van der Waals surface area contributed by atoms with Crippen LogP contribution in [0.1, 0.15) is 5.76 Å². The Kier molecular flexibility index (Phi) is 3.59. The molecule has 0 spiro atoms. The number of rotatable bonds is 3. The molecule has 0 saturated heterocycles. The fraction of sp³-hybridized carbons (Fsp3) is 0. The van der Waals surface area contributed by atoms with Crippen LogP contribution in [-0.4, -0.2) is 26.5 Å². The SMILES string of the molecule is Nc1nnnn1/N=C/c1ccc(-c2ccc(Cl)cc2Cl)o1. The molecule has 0 aliphatic rings. The fourth-order valence-corrected chi connectivity index (χ4v) is 2.14. The van der Waals surface area contributed by atoms with Crippen LogP contribution in [0.15, 0.2) is 39.9 Å². The van der Waals surface area contributed by atoms with Gasteiger partial charge < -0.3 is 10.2 Å². The summed E-state index contributed by atoms with van der Waals surface area (Å²) in [5.74, 6) is 1.19. The van der Waals surface area contributed by atoms with Crippen LogP contribution >= 0.6 is 23.2 Å². The molecule has 0 unspecified atom stereocenters. The normalized spacial score (nSPS) is 11.3. The van der Waals surface area contributed by atoms with Gasteiger partial charge in [-0.25, -0.2) is 0 Å². The van der Waals surface area contributed by atoms with Crippen molar-refractivity contribution in [2.24, 2.45) is 5.10 Å². The van der Waals surface area contributed by atoms with Crippen LogP contribution in [-0.2, 0) is 0 Å². The molecule has 1 aromatic carbocycles. The molecule has 0 aliphatic heterocycles. The van der Waals surface area contributed by atoms with E-state index < -0.39 is 0 Å². The van der Waals surface area contributed by atoms with Crippen molar-refractivity contribution < 1.29 is 4.42 Å². The van der Waals surface area contributed by atoms with Crippen molar-refractivity contribution in [2.75, 3.05) is 5.73 Å². The minimum atomic E-state index is 0.0822. The van der Waals surface area contributed by atoms with Crippen LogP contribution in [0.25, 0.3) is 11.3 Å². The summed E-state index contributed by atoms with van der Waals surface area (Å²) in [7, 11) is 0. The predicted octanol–water partition coefficient (Wildman–Crippen LogP) is 2.70. The molecule has 2 N–H and O–H groups in total. The molecule has 2 aromatic heterocycles. The van der Waals surface area contributed by atoms with E-state index in [1.165, 1.54) is 6.21 Å². The first-order valence-electron chi connectivity index (χ1n) is 5.77. The minimum absolute atomic E-state index is 0.0822. The highest BCUT2D eigenvalue weighted by Gasteiger charge is 2.08. The molecule has 0 fully saturated rings. The van der Waals surface area contributed by atoms with Crippen LogP contribution in [0, 0.1) is 0 Å². The van der Waals surface area contributed by atoms with Gasteiger partial charge in [0.25, 0.3) is 5.95 Å². The lowest BCUT2D eigenvalue weighted by atomic mass is 10.2. The van der Waals surface area contributed by atoms with Crippen molar-refractivity contribution in [3.05, 3.63) is 46.1 Å². The Morgan fingerprint density at radius 1 is 1.24 bits per heavy atom. The van der Waals surface area contributed by atoms with Gasteiger partial charge in [-0.05, 0) is 40.8 Å². The van der Waals surface area contributed by atoms with Gasteiger partial charge in [-0.3, -0.25) is 0 Å². The molecule has 0 atom stereocenters. The number of hydrogen-bond donors (Lipinski definition) is 1. The zero-order valence-corrected chi connectivity index (χ0v) is 12.0. The van der Waals surface area contributed by atoms with Crippen molar-refractivity contribution in [1.29, 1.82) is 0 Å². The number of nitrogen functional groups attached to an aromatic ring is 1. The van der Waals surface area contributed by atoms with E-state index in [9.17, 15) is 0 Å². The van der Waals surface area contributed by atoms with Crippen molar-refractivity contribution in [3.8, 4) is 11.3 Å². The number of anilines is 1. The molecule has 0 amide bonds. The van der Waals surface area contributed by atoms with Crippen LogP contribution in [0.2, 0.25) is 10.0 Å². The van der Waals surface area contributed by atoms with Crippen molar-refractivity contribution in [1.82, 2.24) is 20.3 Å². The summed E-state index contributed by atoms with van der Waals surface area (Å²) in [6.07, 6.45) is 1.44. The van der Waals surface area contributed by atoms with Gasteiger partial charge in [0.05, 0.1) is 11.2 Å². The number of tetrazole rings is 1. The summed E-state index contributed by atoms with van der Waals surface area (Å²) in [5.41, 5.74) is 6.23. The Morgan fingerprint density at radius 2 is 2.10 bits per heavy atom. The van der Waals surface area contributed by atoms with Gasteiger partial charge in [-0.1, -0.05) is 33.1 Å². The Labute approximate surface area is 129 Å². The summed E-state index contributed by atoms with van der Waals surface area (Å²) in [5, 5.41) is 15.5. The third-order valence-corrected chi connectivity index (χ3v) is 3.14. The molecule has 2 heterocycles. The molecular weight excluding hydrogens is 315 g/mol. The van der Waals surface area contributed by atoms with Gasteiger partial charge >= 0.3 is 0 Å². The second-order valence-corrected chi connectivity index (χ2v) is 4.84. The van der Waals surface area contributed by atoms with Crippen LogP contribution in [0.3, 0.4) is 0 Å². The Balaban J connectivity index is 1.86. The topological polar surface area (TPSA) is 95.1 Å². The maximum absolute atomic E-state index is 6.13. The Morgan fingerprint density at radius 3 is 2.81 bits per heavy atom. The van der Waals surface area contributed by atoms with E-state index in [1.807, 2.05) is 0 Å². The van der Waals surface area contributed by atoms with Gasteiger partial charge in [0, 0.05) is 10.6 Å². The zero-order valence-electron chi connectivity index (χ0n) is 10.4. The van der Waals surface area contributed by atoms with E-state index in [1.54, 1.807) is 30.3 Å². The largest absolute Gasteiger partial charge is 0.455 e. The van der Waals surface area contributed by atoms with Gasteiger partial charge in [-0.15, -0.1) is 0 Å². The fourth-order valence-electron chi connectivity index (χ4n) is 1.64. The molecule has 0 aliphatic carbocycles. The molecule has 106 valence electrons. The van der Waals surface area contributed by atoms with Crippen molar-refractivity contribution >= 4 is 35.4 Å². The smallest absolute Gasteiger partial charge is 0.263 e. The maximum atomic E-state index is 6.13. The summed E-state index contributed by atoms with van der Waals surface area (Å²) in [6, 6.07) is 8.69. The second kappa shape index (κ2) is 5.55. The number of nitrogens with zero attached hydrogens (tertiary/aromatic N) is 5. The number of furan rings is 1. The number of benzene rings is 1. The van der Waals surface area contributed by atoms with E-state index in [4.69, 9.17) is 33.4 Å². The number of halogens is 2. The lowest BCUT2D eigenvalue weighted by molar-refractivity contribution is 0.573. The van der Waals surface area contributed by atoms with E-state index in [0.29, 0.717) is 21.6 Å². The van der Waals surface area contributed by atoms with Crippen LogP contribution in [0.5, 0.6) is 0 Å². The number of aromatic nitrogens is 4. The molecule has 7 nitrogen and oxygen atoms in total. The quantitative estimate of drug-likeness (QED) is 0.748. The monoisotopic (exact) mass is 322 g/mol. The van der Waals surface area contributed by atoms with Gasteiger partial charge in [-0.2, -0.15) is 5.10 Å². The van der Waals surface area contributed by atoms with E-state index in [2.05, 4.69) is 20.6 Å². The first-order chi connectivity index (χ1) is 10.1. The Bertz CT molecular complexity index is 810. The zero-order chi connectivity index (χ0) is 14.8. The summed E-state index contributed by atoms with van der Waals surface area (Å²) in [6.45, 7) is 0. The van der Waals surface area contributed by atoms with Crippen LogP contribution in [0.4, 0.5) is 5.95 Å². The highest BCUT2D eigenvalue weighted by atomic mass is 35.5. The molecule has 0 saturated carbocycles. The lowest BCUT2D eigenvalue weighted by Gasteiger charge is -2.00. The lowest BCUT2D eigenvalue weighted by Crippen LogP contribution is -1.99. The van der Waals surface area contributed by atoms with Gasteiger partial charge in [0.1, 0.15) is 11.5 Å². The van der Waals surface area contributed by atoms with Crippen molar-refractivity contribution in [2.45, 2.75) is 0 Å². The van der Waals surface area contributed by atoms with Crippen molar-refractivity contribution in [3.63, 3.8) is 0 Å². The molecule has 0 radical (unpaired) electrons. The number of hydrogen-bond acceptors (Lipinski definition) is 6. The standard InChI is InChI=1S/C12H8Cl2N6O/c13-7-1-3-9(10(14)5-7)11-4-2-8(21-11)6-16-20-12(15)17-18-19-20/h1-6H,(H2,15,17,19)/b16-6+. The molecule has 0 bridgehead atoms.